The van der Waals surface area contributed by atoms with Gasteiger partial charge in [0.05, 0.1) is 0 Å². The first kappa shape index (κ1) is 14.9. The van der Waals surface area contributed by atoms with E-state index in [9.17, 15) is 4.79 Å². The number of nitrogens with zero attached hydrogens (tertiary/aromatic N) is 4. The number of aromatic amines is 1. The maximum atomic E-state index is 12.4. The van der Waals surface area contributed by atoms with Gasteiger partial charge in [0.25, 0.3) is 5.91 Å². The van der Waals surface area contributed by atoms with E-state index in [4.69, 9.17) is 0 Å². The molecule has 7 nitrogen and oxygen atoms in total. The minimum Gasteiger partial charge on any atom is -0.350 e. The molecule has 1 amide bonds. The highest BCUT2D eigenvalue weighted by atomic mass is 16.1. The molecule has 3 aromatic heterocycles. The summed E-state index contributed by atoms with van der Waals surface area (Å²) in [6.45, 7) is 0.510. The predicted molar refractivity (Wildman–Crippen MR) is 88.9 cm³/mol. The molecule has 24 heavy (non-hydrogen) atoms. The predicted octanol–water partition coefficient (Wildman–Crippen LogP) is 1.69. The average Bonchev–Trinajstić information content (AvgIpc) is 3.12. The van der Waals surface area contributed by atoms with Crippen LogP contribution < -0.4 is 5.32 Å². The quantitative estimate of drug-likeness (QED) is 0.715. The normalized spacial score (nSPS) is 14.3. The number of aromatic nitrogens is 5. The molecule has 0 radical (unpaired) electrons. The van der Waals surface area contributed by atoms with Gasteiger partial charge in [0.1, 0.15) is 5.82 Å². The van der Waals surface area contributed by atoms with Gasteiger partial charge in [0.2, 0.25) is 0 Å². The maximum absolute atomic E-state index is 12.4. The molecule has 0 unspecified atom stereocenters. The first-order valence-corrected chi connectivity index (χ1v) is 8.46. The van der Waals surface area contributed by atoms with Crippen molar-refractivity contribution < 1.29 is 4.79 Å². The second kappa shape index (κ2) is 6.43. The fourth-order valence-corrected chi connectivity index (χ4v) is 3.28. The van der Waals surface area contributed by atoms with Gasteiger partial charge in [0.15, 0.2) is 11.3 Å². The minimum atomic E-state index is -0.108. The van der Waals surface area contributed by atoms with Crippen LogP contribution in [-0.4, -0.2) is 37.2 Å². The van der Waals surface area contributed by atoms with Crippen molar-refractivity contribution in [1.29, 1.82) is 0 Å². The zero-order valence-corrected chi connectivity index (χ0v) is 13.5. The number of nitrogens with one attached hydrogen (secondary N) is 2. The van der Waals surface area contributed by atoms with Crippen LogP contribution in [0.5, 0.6) is 0 Å². The highest BCUT2D eigenvalue weighted by molar-refractivity contribution is 5.94. The van der Waals surface area contributed by atoms with E-state index in [1.165, 1.54) is 6.42 Å². The number of carbonyl (C=O) groups excluding carboxylic acids is 1. The molecule has 0 fully saturated rings. The second-order valence-electron chi connectivity index (χ2n) is 6.14. The van der Waals surface area contributed by atoms with Crippen molar-refractivity contribution in [3.05, 3.63) is 47.2 Å². The molecule has 0 aliphatic heterocycles. The molecule has 2 N–H and O–H groups in total. The molecule has 124 valence electrons. The van der Waals surface area contributed by atoms with Gasteiger partial charge in [-0.1, -0.05) is 12.5 Å². The van der Waals surface area contributed by atoms with E-state index in [-0.39, 0.29) is 5.91 Å². The third-order valence-corrected chi connectivity index (χ3v) is 4.54. The number of hydrogen-bond donors (Lipinski definition) is 2. The molecule has 0 aromatic carbocycles. The van der Waals surface area contributed by atoms with Crippen molar-refractivity contribution in [3.8, 4) is 0 Å². The van der Waals surface area contributed by atoms with Crippen molar-refractivity contribution in [2.45, 2.75) is 38.5 Å². The van der Waals surface area contributed by atoms with E-state index in [1.807, 2.05) is 28.8 Å². The number of carbonyl (C=O) groups is 1. The van der Waals surface area contributed by atoms with Gasteiger partial charge in [-0.3, -0.25) is 14.3 Å². The SMILES string of the molecule is O=C(NCCc1nnc2ccccn12)c1n[nH]c2c1CCCCC2. The Bertz CT molecular complexity index is 865. The van der Waals surface area contributed by atoms with E-state index < -0.39 is 0 Å². The number of amides is 1. The summed E-state index contributed by atoms with van der Waals surface area (Å²) in [7, 11) is 0. The van der Waals surface area contributed by atoms with E-state index >= 15 is 0 Å². The van der Waals surface area contributed by atoms with E-state index in [0.29, 0.717) is 18.7 Å². The third-order valence-electron chi connectivity index (χ3n) is 4.54. The summed E-state index contributed by atoms with van der Waals surface area (Å²) in [5, 5.41) is 18.5. The summed E-state index contributed by atoms with van der Waals surface area (Å²) in [5.41, 5.74) is 3.59. The van der Waals surface area contributed by atoms with Crippen LogP contribution in [0.15, 0.2) is 24.4 Å². The number of pyridine rings is 1. The third kappa shape index (κ3) is 2.77. The molecule has 4 rings (SSSR count). The van der Waals surface area contributed by atoms with Gasteiger partial charge in [-0.15, -0.1) is 10.2 Å². The van der Waals surface area contributed by atoms with Crippen LogP contribution in [0.1, 0.15) is 46.8 Å². The number of hydrogen-bond acceptors (Lipinski definition) is 4. The molecule has 0 bridgehead atoms. The van der Waals surface area contributed by atoms with Gasteiger partial charge in [-0.05, 0) is 37.8 Å². The molecule has 0 saturated heterocycles. The molecule has 3 heterocycles. The molecule has 1 aliphatic carbocycles. The standard InChI is InChI=1S/C17H20N6O/c24-17(16-12-6-2-1-3-7-13(12)19-22-16)18-10-9-15-21-20-14-8-4-5-11-23(14)15/h4-5,8,11H,1-3,6-7,9-10H2,(H,18,24)(H,19,22). The first-order valence-electron chi connectivity index (χ1n) is 8.46. The van der Waals surface area contributed by atoms with Crippen LogP contribution in [0, 0.1) is 0 Å². The molecular weight excluding hydrogens is 304 g/mol. The molecule has 0 saturated carbocycles. The summed E-state index contributed by atoms with van der Waals surface area (Å²) in [6, 6.07) is 5.78. The zero-order chi connectivity index (χ0) is 16.4. The van der Waals surface area contributed by atoms with Crippen LogP contribution in [0.4, 0.5) is 0 Å². The summed E-state index contributed by atoms with van der Waals surface area (Å²) in [6.07, 6.45) is 7.98. The number of rotatable bonds is 4. The van der Waals surface area contributed by atoms with Crippen LogP contribution in [0.3, 0.4) is 0 Å². The molecule has 7 heteroatoms. The second-order valence-corrected chi connectivity index (χ2v) is 6.14. The fraction of sp³-hybridized carbons (Fsp3) is 0.412. The summed E-state index contributed by atoms with van der Waals surface area (Å²) < 4.78 is 1.94. The number of H-pyrrole nitrogens is 1. The average molecular weight is 324 g/mol. The highest BCUT2D eigenvalue weighted by Crippen LogP contribution is 2.21. The monoisotopic (exact) mass is 324 g/mol. The zero-order valence-electron chi connectivity index (χ0n) is 13.5. The Morgan fingerprint density at radius 1 is 1.21 bits per heavy atom. The lowest BCUT2D eigenvalue weighted by Gasteiger charge is -2.05. The Balaban J connectivity index is 1.41. The lowest BCUT2D eigenvalue weighted by Crippen LogP contribution is -2.27. The molecular formula is C17H20N6O. The first-order chi connectivity index (χ1) is 11.8. The smallest absolute Gasteiger partial charge is 0.272 e. The van der Waals surface area contributed by atoms with Crippen LogP contribution in [0.25, 0.3) is 5.65 Å². The Labute approximate surface area is 139 Å². The topological polar surface area (TPSA) is 88.0 Å². The Morgan fingerprint density at radius 3 is 3.08 bits per heavy atom. The summed E-state index contributed by atoms with van der Waals surface area (Å²) >= 11 is 0. The number of aryl methyl sites for hydroxylation is 1. The Morgan fingerprint density at radius 2 is 2.12 bits per heavy atom. The minimum absolute atomic E-state index is 0.108. The van der Waals surface area contributed by atoms with Crippen molar-refractivity contribution in [1.82, 2.24) is 30.1 Å². The van der Waals surface area contributed by atoms with Crippen molar-refractivity contribution in [3.63, 3.8) is 0 Å². The van der Waals surface area contributed by atoms with Crippen LogP contribution in [-0.2, 0) is 19.3 Å². The lowest BCUT2D eigenvalue weighted by molar-refractivity contribution is 0.0948. The largest absolute Gasteiger partial charge is 0.350 e. The van der Waals surface area contributed by atoms with E-state index in [1.54, 1.807) is 0 Å². The highest BCUT2D eigenvalue weighted by Gasteiger charge is 2.20. The van der Waals surface area contributed by atoms with Crippen molar-refractivity contribution in [2.24, 2.45) is 0 Å². The molecule has 1 aliphatic rings. The Kier molecular flexibility index (Phi) is 3.98. The van der Waals surface area contributed by atoms with Gasteiger partial charge in [0, 0.05) is 30.4 Å². The van der Waals surface area contributed by atoms with Gasteiger partial charge in [-0.2, -0.15) is 5.10 Å². The van der Waals surface area contributed by atoms with E-state index in [2.05, 4.69) is 25.7 Å². The molecule has 0 atom stereocenters. The summed E-state index contributed by atoms with van der Waals surface area (Å²) in [5.74, 6) is 0.731. The van der Waals surface area contributed by atoms with Crippen LogP contribution in [0.2, 0.25) is 0 Å². The lowest BCUT2D eigenvalue weighted by atomic mass is 10.1. The maximum Gasteiger partial charge on any atom is 0.272 e. The van der Waals surface area contributed by atoms with Crippen LogP contribution >= 0.6 is 0 Å². The number of fused-ring (bicyclic) bond motifs is 2. The van der Waals surface area contributed by atoms with E-state index in [0.717, 1.165) is 48.4 Å². The van der Waals surface area contributed by atoms with Crippen molar-refractivity contribution >= 4 is 11.6 Å². The van der Waals surface area contributed by atoms with Gasteiger partial charge < -0.3 is 5.32 Å². The fourth-order valence-electron chi connectivity index (χ4n) is 3.28. The van der Waals surface area contributed by atoms with Gasteiger partial charge >= 0.3 is 0 Å². The van der Waals surface area contributed by atoms with Gasteiger partial charge in [-0.25, -0.2) is 0 Å². The van der Waals surface area contributed by atoms with Crippen molar-refractivity contribution in [2.75, 3.05) is 6.54 Å². The molecule has 3 aromatic rings. The Hall–Kier alpha value is -2.70. The summed E-state index contributed by atoms with van der Waals surface area (Å²) in [4.78, 5) is 12.4. The molecule has 0 spiro atoms.